The number of H-pyrrole nitrogens is 2. The molecular weight excluding hydrogens is 294 g/mol. The van der Waals surface area contributed by atoms with E-state index in [2.05, 4.69) is 20.4 Å². The standard InChI is InChI=1S/C12H17N5O5/c1-7-2-17(12(21)13-11(7)20)3-9-10(15-16-14-9)6-22-8(4-18)5-19/h2,8,18-19H,3-6H2,1H3,(H,13,20,21)(H,14,15,16). The average Bonchev–Trinajstić information content (AvgIpc) is 2.93. The zero-order valence-corrected chi connectivity index (χ0v) is 11.9. The molecule has 22 heavy (non-hydrogen) atoms. The minimum absolute atomic E-state index is 0.0225. The van der Waals surface area contributed by atoms with Crippen molar-refractivity contribution < 1.29 is 14.9 Å². The van der Waals surface area contributed by atoms with E-state index < -0.39 is 17.4 Å². The predicted octanol–water partition coefficient (Wildman–Crippen LogP) is -2.12. The monoisotopic (exact) mass is 311 g/mol. The number of aliphatic hydroxyl groups excluding tert-OH is 2. The lowest BCUT2D eigenvalue weighted by Crippen LogP contribution is -2.31. The SMILES string of the molecule is Cc1cn(Cc2n[nH]nc2COC(CO)CO)c(=O)[nH]c1=O. The molecule has 0 unspecified atom stereocenters. The van der Waals surface area contributed by atoms with Gasteiger partial charge >= 0.3 is 5.69 Å². The van der Waals surface area contributed by atoms with Crippen LogP contribution in [0.2, 0.25) is 0 Å². The Morgan fingerprint density at radius 1 is 1.27 bits per heavy atom. The van der Waals surface area contributed by atoms with Crippen molar-refractivity contribution in [1.82, 2.24) is 25.0 Å². The Bertz CT molecular complexity index is 730. The highest BCUT2D eigenvalue weighted by Gasteiger charge is 2.13. The van der Waals surface area contributed by atoms with Gasteiger partial charge in [-0.1, -0.05) is 0 Å². The van der Waals surface area contributed by atoms with Crippen LogP contribution in [-0.4, -0.2) is 54.5 Å². The van der Waals surface area contributed by atoms with E-state index in [9.17, 15) is 9.59 Å². The minimum Gasteiger partial charge on any atom is -0.394 e. The molecule has 2 aromatic rings. The first-order chi connectivity index (χ1) is 10.5. The number of rotatable bonds is 7. The molecule has 2 rings (SSSR count). The lowest BCUT2D eigenvalue weighted by Gasteiger charge is -2.11. The van der Waals surface area contributed by atoms with Crippen LogP contribution in [0.1, 0.15) is 17.0 Å². The molecule has 2 aromatic heterocycles. The fraction of sp³-hybridized carbons (Fsp3) is 0.500. The van der Waals surface area contributed by atoms with Crippen LogP contribution in [0.25, 0.3) is 0 Å². The van der Waals surface area contributed by atoms with Crippen molar-refractivity contribution in [1.29, 1.82) is 0 Å². The van der Waals surface area contributed by atoms with Crippen LogP contribution in [0.3, 0.4) is 0 Å². The summed E-state index contributed by atoms with van der Waals surface area (Å²) in [6, 6.07) is 0. The topological polar surface area (TPSA) is 146 Å². The molecule has 10 nitrogen and oxygen atoms in total. The Labute approximate surface area is 124 Å². The van der Waals surface area contributed by atoms with Gasteiger partial charge in [0.05, 0.1) is 26.4 Å². The predicted molar refractivity (Wildman–Crippen MR) is 74.3 cm³/mol. The average molecular weight is 311 g/mol. The molecule has 0 aliphatic carbocycles. The van der Waals surface area contributed by atoms with Crippen molar-refractivity contribution in [2.45, 2.75) is 26.2 Å². The second-order valence-electron chi connectivity index (χ2n) is 4.71. The highest BCUT2D eigenvalue weighted by Crippen LogP contribution is 2.06. The number of nitrogens with one attached hydrogen (secondary N) is 2. The Morgan fingerprint density at radius 2 is 1.95 bits per heavy atom. The lowest BCUT2D eigenvalue weighted by molar-refractivity contribution is -0.0298. The third-order valence-corrected chi connectivity index (χ3v) is 3.08. The number of ether oxygens (including phenoxy) is 1. The summed E-state index contributed by atoms with van der Waals surface area (Å²) in [5.41, 5.74) is 0.333. The first-order valence-corrected chi connectivity index (χ1v) is 6.57. The largest absolute Gasteiger partial charge is 0.394 e. The van der Waals surface area contributed by atoms with Crippen LogP contribution in [0.15, 0.2) is 15.8 Å². The molecule has 0 saturated heterocycles. The van der Waals surface area contributed by atoms with E-state index in [0.717, 1.165) is 0 Å². The molecule has 0 saturated carbocycles. The maximum absolute atomic E-state index is 11.7. The second-order valence-corrected chi connectivity index (χ2v) is 4.71. The molecule has 0 amide bonds. The quantitative estimate of drug-likeness (QED) is 0.457. The van der Waals surface area contributed by atoms with Crippen LogP contribution >= 0.6 is 0 Å². The van der Waals surface area contributed by atoms with Crippen molar-refractivity contribution in [3.63, 3.8) is 0 Å². The van der Waals surface area contributed by atoms with Gasteiger partial charge in [-0.05, 0) is 6.92 Å². The third-order valence-electron chi connectivity index (χ3n) is 3.08. The van der Waals surface area contributed by atoms with Gasteiger partial charge in [-0.25, -0.2) is 4.79 Å². The van der Waals surface area contributed by atoms with E-state index in [0.29, 0.717) is 17.0 Å². The highest BCUT2D eigenvalue weighted by molar-refractivity contribution is 5.09. The normalized spacial score (nSPS) is 11.3. The van der Waals surface area contributed by atoms with Gasteiger partial charge in [0.25, 0.3) is 5.56 Å². The molecule has 0 aliphatic rings. The maximum Gasteiger partial charge on any atom is 0.328 e. The minimum atomic E-state index is -0.706. The van der Waals surface area contributed by atoms with E-state index in [1.165, 1.54) is 10.8 Å². The summed E-state index contributed by atoms with van der Waals surface area (Å²) >= 11 is 0. The highest BCUT2D eigenvalue weighted by atomic mass is 16.5. The summed E-state index contributed by atoms with van der Waals surface area (Å²) < 4.78 is 6.57. The van der Waals surface area contributed by atoms with Gasteiger partial charge in [-0.3, -0.25) is 14.3 Å². The Hall–Kier alpha value is -2.30. The van der Waals surface area contributed by atoms with Crippen LogP contribution in [0.5, 0.6) is 0 Å². The molecule has 0 spiro atoms. The number of nitrogens with zero attached hydrogens (tertiary/aromatic N) is 3. The third kappa shape index (κ3) is 3.67. The molecule has 10 heteroatoms. The van der Waals surface area contributed by atoms with Crippen LogP contribution in [0, 0.1) is 6.92 Å². The first-order valence-electron chi connectivity index (χ1n) is 6.57. The first kappa shape index (κ1) is 16.1. The van der Waals surface area contributed by atoms with E-state index in [1.54, 1.807) is 6.92 Å². The van der Waals surface area contributed by atoms with E-state index in [1.807, 2.05) is 0 Å². The maximum atomic E-state index is 11.7. The molecule has 0 fully saturated rings. The number of hydrogen-bond acceptors (Lipinski definition) is 7. The summed E-state index contributed by atoms with van der Waals surface area (Å²) in [4.78, 5) is 25.3. The van der Waals surface area contributed by atoms with Gasteiger partial charge in [0, 0.05) is 11.8 Å². The number of hydrogen-bond donors (Lipinski definition) is 4. The summed E-state index contributed by atoms with van der Waals surface area (Å²) in [6.07, 6.45) is 0.729. The van der Waals surface area contributed by atoms with Gasteiger partial charge in [-0.15, -0.1) is 0 Å². The van der Waals surface area contributed by atoms with E-state index in [4.69, 9.17) is 14.9 Å². The fourth-order valence-corrected chi connectivity index (χ4v) is 1.77. The summed E-state index contributed by atoms with van der Waals surface area (Å²) in [6.45, 7) is 1.09. The summed E-state index contributed by atoms with van der Waals surface area (Å²) in [5, 5.41) is 28.2. The van der Waals surface area contributed by atoms with Crippen LogP contribution < -0.4 is 11.2 Å². The van der Waals surface area contributed by atoms with Crippen LogP contribution in [-0.2, 0) is 17.9 Å². The molecule has 0 aromatic carbocycles. The van der Waals surface area contributed by atoms with Crippen molar-refractivity contribution >= 4 is 0 Å². The van der Waals surface area contributed by atoms with E-state index >= 15 is 0 Å². The van der Waals surface area contributed by atoms with Crippen molar-refractivity contribution in [3.8, 4) is 0 Å². The summed E-state index contributed by atoms with van der Waals surface area (Å²) in [5.74, 6) is 0. The number of aromatic amines is 2. The molecular formula is C12H17N5O5. The number of aliphatic hydroxyl groups is 2. The molecule has 0 aliphatic heterocycles. The lowest BCUT2D eigenvalue weighted by atomic mass is 10.3. The second kappa shape index (κ2) is 7.11. The zero-order chi connectivity index (χ0) is 16.1. The van der Waals surface area contributed by atoms with Crippen molar-refractivity contribution in [3.05, 3.63) is 44.0 Å². The molecule has 0 radical (unpaired) electrons. The number of aromatic nitrogens is 5. The molecule has 120 valence electrons. The van der Waals surface area contributed by atoms with Gasteiger partial charge in [0.1, 0.15) is 17.5 Å². The Morgan fingerprint density at radius 3 is 2.64 bits per heavy atom. The van der Waals surface area contributed by atoms with Gasteiger partial charge < -0.3 is 14.9 Å². The van der Waals surface area contributed by atoms with E-state index in [-0.39, 0.29) is 26.4 Å². The molecule has 0 bridgehead atoms. The van der Waals surface area contributed by atoms with Gasteiger partial charge in [0.2, 0.25) is 0 Å². The Balaban J connectivity index is 2.15. The molecule has 0 atom stereocenters. The number of aryl methyl sites for hydroxylation is 1. The fourth-order valence-electron chi connectivity index (χ4n) is 1.77. The smallest absolute Gasteiger partial charge is 0.328 e. The zero-order valence-electron chi connectivity index (χ0n) is 11.9. The molecule has 2 heterocycles. The molecule has 4 N–H and O–H groups in total. The van der Waals surface area contributed by atoms with Gasteiger partial charge in [0.15, 0.2) is 0 Å². The summed E-state index contributed by atoms with van der Waals surface area (Å²) in [7, 11) is 0. The Kier molecular flexibility index (Phi) is 5.20. The van der Waals surface area contributed by atoms with Crippen LogP contribution in [0.4, 0.5) is 0 Å². The van der Waals surface area contributed by atoms with Crippen molar-refractivity contribution in [2.24, 2.45) is 0 Å². The van der Waals surface area contributed by atoms with Gasteiger partial charge in [-0.2, -0.15) is 15.4 Å². The van der Waals surface area contributed by atoms with Crippen molar-refractivity contribution in [2.75, 3.05) is 13.2 Å².